The Hall–Kier alpha value is -3.91. The molecule has 0 aliphatic carbocycles. The summed E-state index contributed by atoms with van der Waals surface area (Å²) in [6.45, 7) is 1.78. The van der Waals surface area contributed by atoms with Gasteiger partial charge in [0.2, 0.25) is 0 Å². The van der Waals surface area contributed by atoms with E-state index in [-0.39, 0.29) is 16.3 Å². The van der Waals surface area contributed by atoms with Gasteiger partial charge in [0, 0.05) is 22.9 Å². The lowest BCUT2D eigenvalue weighted by molar-refractivity contribution is -0.137. The third-order valence-electron chi connectivity index (χ3n) is 4.85. The van der Waals surface area contributed by atoms with E-state index in [4.69, 9.17) is 11.6 Å². The summed E-state index contributed by atoms with van der Waals surface area (Å²) in [5, 5.41) is 5.59. The molecule has 0 saturated heterocycles. The van der Waals surface area contributed by atoms with E-state index in [2.05, 4.69) is 20.6 Å². The zero-order chi connectivity index (χ0) is 24.3. The van der Waals surface area contributed by atoms with Crippen molar-refractivity contribution in [3.8, 4) is 11.3 Å². The van der Waals surface area contributed by atoms with Crippen LogP contribution >= 0.6 is 11.6 Å². The monoisotopic (exact) mass is 482 g/mol. The molecule has 1 heterocycles. The molecule has 34 heavy (non-hydrogen) atoms. The lowest BCUT2D eigenvalue weighted by Gasteiger charge is -2.13. The predicted octanol–water partition coefficient (Wildman–Crippen LogP) is 7.12. The number of carbonyl (C=O) groups excluding carboxylic acids is 1. The maximum Gasteiger partial charge on any atom is 0.416 e. The topological polar surface area (TPSA) is 66.9 Å². The van der Waals surface area contributed by atoms with Crippen LogP contribution in [0.4, 0.5) is 30.4 Å². The van der Waals surface area contributed by atoms with Gasteiger partial charge >= 0.3 is 6.18 Å². The van der Waals surface area contributed by atoms with Crippen molar-refractivity contribution >= 4 is 34.7 Å². The molecular weight excluding hydrogens is 465 g/mol. The van der Waals surface area contributed by atoms with Gasteiger partial charge in [-0.15, -0.1) is 0 Å². The van der Waals surface area contributed by atoms with Gasteiger partial charge in [-0.25, -0.2) is 9.97 Å². The van der Waals surface area contributed by atoms with E-state index in [0.717, 1.165) is 29.5 Å². The minimum Gasteiger partial charge on any atom is -0.340 e. The summed E-state index contributed by atoms with van der Waals surface area (Å²) in [7, 11) is 0. The number of hydrogen-bond donors (Lipinski definition) is 2. The van der Waals surface area contributed by atoms with Crippen LogP contribution in [0.15, 0.2) is 78.9 Å². The van der Waals surface area contributed by atoms with Gasteiger partial charge in [-0.2, -0.15) is 13.2 Å². The Kier molecular flexibility index (Phi) is 6.51. The van der Waals surface area contributed by atoms with E-state index in [1.165, 1.54) is 0 Å². The maximum atomic E-state index is 13.0. The first-order valence-electron chi connectivity index (χ1n) is 10.2. The zero-order valence-electron chi connectivity index (χ0n) is 17.8. The largest absolute Gasteiger partial charge is 0.416 e. The van der Waals surface area contributed by atoms with Crippen molar-refractivity contribution in [2.75, 3.05) is 10.6 Å². The summed E-state index contributed by atoms with van der Waals surface area (Å²) in [4.78, 5) is 21.6. The van der Waals surface area contributed by atoms with Crippen LogP contribution in [0, 0.1) is 6.92 Å². The van der Waals surface area contributed by atoms with Crippen LogP contribution in [0.5, 0.6) is 0 Å². The number of nitrogens with one attached hydrogen (secondary N) is 2. The Morgan fingerprint density at radius 2 is 1.68 bits per heavy atom. The number of alkyl halides is 3. The number of nitrogens with zero attached hydrogens (tertiary/aromatic N) is 2. The van der Waals surface area contributed by atoms with Crippen molar-refractivity contribution in [2.24, 2.45) is 0 Å². The van der Waals surface area contributed by atoms with Crippen LogP contribution in [0.25, 0.3) is 11.3 Å². The number of aromatic nitrogens is 2. The highest BCUT2D eigenvalue weighted by atomic mass is 35.5. The molecule has 0 radical (unpaired) electrons. The van der Waals surface area contributed by atoms with Crippen LogP contribution in [0.1, 0.15) is 21.7 Å². The van der Waals surface area contributed by atoms with Gasteiger partial charge in [0.05, 0.1) is 22.0 Å². The first kappa shape index (κ1) is 23.3. The van der Waals surface area contributed by atoms with Crippen molar-refractivity contribution in [2.45, 2.75) is 13.1 Å². The normalized spacial score (nSPS) is 11.2. The SMILES string of the molecule is Cc1nc(Nc2cccc(C(=O)Nc3cc(C(F)(F)F)ccc3Cl)c2)cc(-c2ccccc2)n1. The number of anilines is 3. The average molecular weight is 483 g/mol. The highest BCUT2D eigenvalue weighted by molar-refractivity contribution is 6.34. The van der Waals surface area contributed by atoms with Crippen LogP contribution < -0.4 is 10.6 Å². The molecule has 0 unspecified atom stereocenters. The first-order valence-corrected chi connectivity index (χ1v) is 10.5. The van der Waals surface area contributed by atoms with E-state index in [1.807, 2.05) is 30.3 Å². The third kappa shape index (κ3) is 5.52. The van der Waals surface area contributed by atoms with Crippen molar-refractivity contribution in [1.29, 1.82) is 0 Å². The Morgan fingerprint density at radius 1 is 0.912 bits per heavy atom. The summed E-state index contributed by atoms with van der Waals surface area (Å²) in [6, 6.07) is 20.7. The molecule has 2 N–H and O–H groups in total. The smallest absolute Gasteiger partial charge is 0.340 e. The quantitative estimate of drug-likeness (QED) is 0.318. The number of benzene rings is 3. The van der Waals surface area contributed by atoms with Crippen LogP contribution in [0.3, 0.4) is 0 Å². The van der Waals surface area contributed by atoms with Gasteiger partial charge in [-0.05, 0) is 43.3 Å². The molecule has 1 aromatic heterocycles. The molecule has 1 amide bonds. The summed E-state index contributed by atoms with van der Waals surface area (Å²) < 4.78 is 39.0. The lowest BCUT2D eigenvalue weighted by atomic mass is 10.1. The molecule has 9 heteroatoms. The van der Waals surface area contributed by atoms with Gasteiger partial charge in [-0.1, -0.05) is 48.0 Å². The Bertz CT molecular complexity index is 1340. The summed E-state index contributed by atoms with van der Waals surface area (Å²) in [5.74, 6) is 0.496. The Labute approximate surface area is 198 Å². The molecule has 3 aromatic carbocycles. The minimum absolute atomic E-state index is 0.000492. The van der Waals surface area contributed by atoms with Crippen LogP contribution in [-0.2, 0) is 6.18 Å². The second kappa shape index (κ2) is 9.52. The fourth-order valence-electron chi connectivity index (χ4n) is 3.27. The zero-order valence-corrected chi connectivity index (χ0v) is 18.6. The Balaban J connectivity index is 1.55. The molecule has 0 bridgehead atoms. The summed E-state index contributed by atoms with van der Waals surface area (Å²) in [5.41, 5.74) is 1.44. The highest BCUT2D eigenvalue weighted by Crippen LogP contribution is 2.34. The summed E-state index contributed by atoms with van der Waals surface area (Å²) >= 11 is 5.99. The van der Waals surface area contributed by atoms with Gasteiger partial charge in [-0.3, -0.25) is 4.79 Å². The average Bonchev–Trinajstić information content (AvgIpc) is 2.80. The molecule has 0 fully saturated rings. The molecule has 0 aliphatic heterocycles. The standard InChI is InChI=1S/C25H18ClF3N4O/c1-15-30-21(16-6-3-2-4-7-16)14-23(31-15)32-19-9-5-8-17(12-19)24(34)33-22-13-18(25(27,28)29)10-11-20(22)26/h2-14H,1H3,(H,33,34)(H,30,31,32). The number of hydrogen-bond acceptors (Lipinski definition) is 4. The van der Waals surface area contributed by atoms with E-state index >= 15 is 0 Å². The third-order valence-corrected chi connectivity index (χ3v) is 5.18. The lowest BCUT2D eigenvalue weighted by Crippen LogP contribution is -2.14. The molecule has 0 atom stereocenters. The number of carbonyl (C=O) groups is 1. The van der Waals surface area contributed by atoms with Crippen molar-refractivity contribution in [1.82, 2.24) is 9.97 Å². The fourth-order valence-corrected chi connectivity index (χ4v) is 3.43. The first-order chi connectivity index (χ1) is 16.2. The van der Waals surface area contributed by atoms with Gasteiger partial charge in [0.1, 0.15) is 11.6 Å². The highest BCUT2D eigenvalue weighted by Gasteiger charge is 2.31. The second-order valence-electron chi connectivity index (χ2n) is 7.40. The van der Waals surface area contributed by atoms with Crippen molar-refractivity contribution in [3.05, 3.63) is 101 Å². The Morgan fingerprint density at radius 3 is 2.41 bits per heavy atom. The van der Waals surface area contributed by atoms with E-state index in [1.54, 1.807) is 37.3 Å². The van der Waals surface area contributed by atoms with Crippen molar-refractivity contribution < 1.29 is 18.0 Å². The second-order valence-corrected chi connectivity index (χ2v) is 7.81. The molecule has 4 aromatic rings. The molecule has 172 valence electrons. The fraction of sp³-hybridized carbons (Fsp3) is 0.0800. The number of halogens is 4. The van der Waals surface area contributed by atoms with E-state index in [0.29, 0.717) is 17.3 Å². The van der Waals surface area contributed by atoms with Crippen molar-refractivity contribution in [3.63, 3.8) is 0 Å². The molecule has 0 saturated carbocycles. The molecule has 0 spiro atoms. The maximum absolute atomic E-state index is 13.0. The number of aryl methyl sites for hydroxylation is 1. The van der Waals surface area contributed by atoms with E-state index in [9.17, 15) is 18.0 Å². The van der Waals surface area contributed by atoms with Crippen LogP contribution in [0.2, 0.25) is 5.02 Å². The van der Waals surface area contributed by atoms with Gasteiger partial charge in [0.25, 0.3) is 5.91 Å². The molecular formula is C25H18ClF3N4O. The van der Waals surface area contributed by atoms with Gasteiger partial charge < -0.3 is 10.6 Å². The van der Waals surface area contributed by atoms with Crippen LogP contribution in [-0.4, -0.2) is 15.9 Å². The number of rotatable bonds is 5. The van der Waals surface area contributed by atoms with E-state index < -0.39 is 17.6 Å². The number of amides is 1. The molecule has 0 aliphatic rings. The molecule has 5 nitrogen and oxygen atoms in total. The summed E-state index contributed by atoms with van der Waals surface area (Å²) in [6.07, 6.45) is -4.55. The molecule has 4 rings (SSSR count). The predicted molar refractivity (Wildman–Crippen MR) is 126 cm³/mol. The van der Waals surface area contributed by atoms with Gasteiger partial charge in [0.15, 0.2) is 0 Å². The minimum atomic E-state index is -4.55.